The first kappa shape index (κ1) is 16.3. The number of aromatic carboxylic acids is 1. The maximum Gasteiger partial charge on any atom is 0.352 e. The summed E-state index contributed by atoms with van der Waals surface area (Å²) < 4.78 is 47.6. The molecule has 0 aliphatic heterocycles. The van der Waals surface area contributed by atoms with Gasteiger partial charge >= 0.3 is 5.97 Å². The van der Waals surface area contributed by atoms with Gasteiger partial charge in [-0.15, -0.1) is 0 Å². The van der Waals surface area contributed by atoms with Crippen LogP contribution in [0.25, 0.3) is 10.9 Å². The highest BCUT2D eigenvalue weighted by Crippen LogP contribution is 2.30. The van der Waals surface area contributed by atoms with Gasteiger partial charge in [-0.2, -0.15) is 3.71 Å². The Morgan fingerprint density at radius 3 is 2.09 bits per heavy atom. The second-order valence-corrected chi connectivity index (χ2v) is 8.83. The smallest absolute Gasteiger partial charge is 0.352 e. The van der Waals surface area contributed by atoms with Crippen LogP contribution in [-0.2, 0) is 20.0 Å². The summed E-state index contributed by atoms with van der Waals surface area (Å²) in [6.07, 6.45) is 1.57. The normalized spacial score (nSPS) is 12.5. The van der Waals surface area contributed by atoms with Crippen LogP contribution < -0.4 is 3.71 Å². The number of H-pyrrole nitrogens is 1. The third-order valence-electron chi connectivity index (χ3n) is 2.97. The number of benzene rings is 1. The lowest BCUT2D eigenvalue weighted by Gasteiger charge is -2.21. The Kier molecular flexibility index (Phi) is 3.70. The molecule has 0 atom stereocenters. The SMILES string of the molecule is Cc1cc2cc(C(=O)O)[nH]c2cc1N(S(C)(=O)=O)S(C)(=O)=O. The number of hydrogen-bond donors (Lipinski definition) is 2. The van der Waals surface area contributed by atoms with Crippen molar-refractivity contribution in [3.8, 4) is 0 Å². The number of anilines is 1. The van der Waals surface area contributed by atoms with Crippen LogP contribution in [0.4, 0.5) is 5.69 Å². The minimum Gasteiger partial charge on any atom is -0.477 e. The van der Waals surface area contributed by atoms with E-state index in [2.05, 4.69) is 4.98 Å². The molecular formula is C12H14N2O6S2. The number of rotatable bonds is 4. The summed E-state index contributed by atoms with van der Waals surface area (Å²) in [6, 6.07) is 4.22. The number of aromatic amines is 1. The van der Waals surface area contributed by atoms with Gasteiger partial charge in [0.05, 0.1) is 18.2 Å². The van der Waals surface area contributed by atoms with E-state index in [-0.39, 0.29) is 11.4 Å². The Bertz CT molecular complexity index is 940. The highest BCUT2D eigenvalue weighted by atomic mass is 32.3. The maximum atomic E-state index is 11.8. The molecule has 0 spiro atoms. The minimum absolute atomic E-state index is 0.0451. The Morgan fingerprint density at radius 2 is 1.64 bits per heavy atom. The van der Waals surface area contributed by atoms with E-state index in [1.807, 2.05) is 0 Å². The number of fused-ring (bicyclic) bond motifs is 1. The topological polar surface area (TPSA) is 125 Å². The molecule has 22 heavy (non-hydrogen) atoms. The number of nitrogens with one attached hydrogen (secondary N) is 1. The number of carbonyl (C=O) groups is 1. The molecular weight excluding hydrogens is 332 g/mol. The number of sulfonamides is 2. The molecule has 120 valence electrons. The second kappa shape index (κ2) is 4.99. The molecule has 8 nitrogen and oxygen atoms in total. The summed E-state index contributed by atoms with van der Waals surface area (Å²) in [7, 11) is -8.12. The molecule has 0 radical (unpaired) electrons. The Hall–Kier alpha value is -2.07. The molecule has 0 saturated carbocycles. The molecule has 2 rings (SSSR count). The van der Waals surface area contributed by atoms with Crippen molar-refractivity contribution in [1.29, 1.82) is 0 Å². The fourth-order valence-corrected chi connectivity index (χ4v) is 5.27. The van der Waals surface area contributed by atoms with Crippen LogP contribution in [0.2, 0.25) is 0 Å². The first-order valence-electron chi connectivity index (χ1n) is 5.98. The summed E-state index contributed by atoms with van der Waals surface area (Å²) >= 11 is 0. The average molecular weight is 346 g/mol. The number of carboxylic acid groups (broad SMARTS) is 1. The van der Waals surface area contributed by atoms with Crippen molar-refractivity contribution in [1.82, 2.24) is 4.98 Å². The molecule has 1 aromatic carbocycles. The van der Waals surface area contributed by atoms with Crippen molar-refractivity contribution in [2.24, 2.45) is 0 Å². The molecule has 10 heteroatoms. The van der Waals surface area contributed by atoms with E-state index in [0.29, 0.717) is 20.2 Å². The Balaban J connectivity index is 2.79. The van der Waals surface area contributed by atoms with Crippen LogP contribution in [0.1, 0.15) is 16.1 Å². The lowest BCUT2D eigenvalue weighted by molar-refractivity contribution is 0.0691. The summed E-state index contributed by atoms with van der Waals surface area (Å²) in [5.41, 5.74) is 0.600. The molecule has 0 aliphatic carbocycles. The molecule has 0 bridgehead atoms. The van der Waals surface area contributed by atoms with Crippen molar-refractivity contribution in [3.05, 3.63) is 29.5 Å². The maximum absolute atomic E-state index is 11.8. The zero-order valence-corrected chi connectivity index (χ0v) is 13.6. The van der Waals surface area contributed by atoms with Gasteiger partial charge in [0.2, 0.25) is 20.0 Å². The quantitative estimate of drug-likeness (QED) is 0.847. The first-order chi connectivity index (χ1) is 9.91. The molecule has 0 amide bonds. The summed E-state index contributed by atoms with van der Waals surface area (Å²) in [6.45, 7) is 1.55. The van der Waals surface area contributed by atoms with E-state index in [9.17, 15) is 21.6 Å². The lowest BCUT2D eigenvalue weighted by Crippen LogP contribution is -2.35. The Morgan fingerprint density at radius 1 is 1.09 bits per heavy atom. The van der Waals surface area contributed by atoms with Gasteiger partial charge in [0.15, 0.2) is 0 Å². The third kappa shape index (κ3) is 2.92. The highest BCUT2D eigenvalue weighted by molar-refractivity contribution is 8.09. The van der Waals surface area contributed by atoms with Gasteiger partial charge in [0.25, 0.3) is 0 Å². The van der Waals surface area contributed by atoms with Crippen LogP contribution in [0.3, 0.4) is 0 Å². The van der Waals surface area contributed by atoms with Crippen LogP contribution in [-0.4, -0.2) is 45.4 Å². The Labute approximate surface area is 127 Å². The molecule has 1 heterocycles. The van der Waals surface area contributed by atoms with Crippen LogP contribution in [0.5, 0.6) is 0 Å². The van der Waals surface area contributed by atoms with Gasteiger partial charge < -0.3 is 10.1 Å². The molecule has 2 N–H and O–H groups in total. The molecule has 0 aliphatic rings. The van der Waals surface area contributed by atoms with E-state index < -0.39 is 26.0 Å². The minimum atomic E-state index is -4.06. The van der Waals surface area contributed by atoms with Crippen LogP contribution >= 0.6 is 0 Å². The van der Waals surface area contributed by atoms with Gasteiger partial charge in [0, 0.05) is 10.9 Å². The molecule has 0 unspecified atom stereocenters. The van der Waals surface area contributed by atoms with Gasteiger partial charge in [-0.1, -0.05) is 0 Å². The van der Waals surface area contributed by atoms with Gasteiger partial charge in [0.1, 0.15) is 5.69 Å². The van der Waals surface area contributed by atoms with E-state index in [4.69, 9.17) is 5.11 Å². The van der Waals surface area contributed by atoms with E-state index in [1.165, 1.54) is 18.2 Å². The van der Waals surface area contributed by atoms with Gasteiger partial charge in [-0.05, 0) is 30.7 Å². The molecule has 1 aromatic heterocycles. The zero-order valence-electron chi connectivity index (χ0n) is 12.0. The van der Waals surface area contributed by atoms with Crippen molar-refractivity contribution < 1.29 is 26.7 Å². The van der Waals surface area contributed by atoms with E-state index >= 15 is 0 Å². The van der Waals surface area contributed by atoms with E-state index in [0.717, 1.165) is 12.5 Å². The summed E-state index contributed by atoms with van der Waals surface area (Å²) in [4.78, 5) is 13.6. The first-order valence-corrected chi connectivity index (χ1v) is 9.68. The molecule has 2 aromatic rings. The highest BCUT2D eigenvalue weighted by Gasteiger charge is 2.29. The van der Waals surface area contributed by atoms with Crippen molar-refractivity contribution in [3.63, 3.8) is 0 Å². The van der Waals surface area contributed by atoms with Crippen LogP contribution in [0, 0.1) is 6.92 Å². The monoisotopic (exact) mass is 346 g/mol. The predicted octanol–water partition coefficient (Wildman–Crippen LogP) is 0.900. The lowest BCUT2D eigenvalue weighted by atomic mass is 10.1. The zero-order chi connectivity index (χ0) is 16.9. The van der Waals surface area contributed by atoms with Gasteiger partial charge in [-0.3, -0.25) is 0 Å². The number of nitrogens with zero attached hydrogens (tertiary/aromatic N) is 1. The van der Waals surface area contributed by atoms with E-state index in [1.54, 1.807) is 6.92 Å². The fourth-order valence-electron chi connectivity index (χ4n) is 2.20. The average Bonchev–Trinajstić information content (AvgIpc) is 2.68. The molecule has 0 fully saturated rings. The van der Waals surface area contributed by atoms with Crippen molar-refractivity contribution >= 4 is 42.6 Å². The number of carboxylic acids is 1. The third-order valence-corrected chi connectivity index (χ3v) is 6.19. The van der Waals surface area contributed by atoms with Crippen molar-refractivity contribution in [2.45, 2.75) is 6.92 Å². The fraction of sp³-hybridized carbons (Fsp3) is 0.250. The molecule has 0 saturated heterocycles. The summed E-state index contributed by atoms with van der Waals surface area (Å²) in [5, 5.41) is 9.50. The largest absolute Gasteiger partial charge is 0.477 e. The van der Waals surface area contributed by atoms with Gasteiger partial charge in [-0.25, -0.2) is 21.6 Å². The van der Waals surface area contributed by atoms with Crippen LogP contribution in [0.15, 0.2) is 18.2 Å². The standard InChI is InChI=1S/C12H14N2O6S2/c1-7-4-8-5-10(12(15)16)13-9(8)6-11(7)14(21(2,17)18)22(3,19)20/h4-6,13H,1-3H3,(H,15,16). The second-order valence-electron chi connectivity index (χ2n) is 4.94. The predicted molar refractivity (Wildman–Crippen MR) is 82.2 cm³/mol. The number of aryl methyl sites for hydroxylation is 1. The summed E-state index contributed by atoms with van der Waals surface area (Å²) in [5.74, 6) is -1.17. The van der Waals surface area contributed by atoms with Crippen molar-refractivity contribution in [2.75, 3.05) is 16.2 Å². The number of hydrogen-bond acceptors (Lipinski definition) is 5. The number of aromatic nitrogens is 1.